The highest BCUT2D eigenvalue weighted by molar-refractivity contribution is 7.09. The monoisotopic (exact) mass is 155 g/mol. The van der Waals surface area contributed by atoms with Gasteiger partial charge in [0, 0.05) is 6.42 Å². The van der Waals surface area contributed by atoms with Crippen molar-refractivity contribution in [1.29, 1.82) is 0 Å². The fourth-order valence-corrected chi connectivity index (χ4v) is 1.38. The van der Waals surface area contributed by atoms with Gasteiger partial charge in [-0.25, -0.2) is 4.98 Å². The molecule has 1 N–H and O–H groups in total. The van der Waals surface area contributed by atoms with Gasteiger partial charge in [0.15, 0.2) is 0 Å². The van der Waals surface area contributed by atoms with Crippen molar-refractivity contribution in [2.45, 2.75) is 13.0 Å². The summed E-state index contributed by atoms with van der Waals surface area (Å²) < 4.78 is 0. The highest BCUT2D eigenvalue weighted by atomic mass is 32.1. The zero-order chi connectivity index (χ0) is 7.40. The maximum absolute atomic E-state index is 8.77. The van der Waals surface area contributed by atoms with Crippen LogP contribution in [0.4, 0.5) is 0 Å². The minimum Gasteiger partial charge on any atom is -0.391 e. The molecule has 2 nitrogen and oxygen atoms in total. The van der Waals surface area contributed by atoms with E-state index in [1.807, 2.05) is 0 Å². The molecule has 0 bridgehead atoms. The third-order valence-corrected chi connectivity index (χ3v) is 2.07. The number of rotatable bonds is 3. The molecular formula is C7H9NOS. The minimum absolute atomic E-state index is 0.0911. The van der Waals surface area contributed by atoms with Crippen molar-refractivity contribution in [3.8, 4) is 0 Å². The molecule has 1 heterocycles. The predicted octanol–water partition coefficient (Wildman–Crippen LogP) is 1.36. The molecule has 3 heteroatoms. The standard InChI is InChI=1S/C7H9NOS/c1-2-3-6-7(4-9)10-5-8-6/h2,5,9H,1,3-4H2. The predicted molar refractivity (Wildman–Crippen MR) is 41.9 cm³/mol. The summed E-state index contributed by atoms with van der Waals surface area (Å²) in [5.41, 5.74) is 2.69. The summed E-state index contributed by atoms with van der Waals surface area (Å²) in [6.07, 6.45) is 2.54. The number of allylic oxidation sites excluding steroid dienone is 1. The second-order valence-electron chi connectivity index (χ2n) is 1.87. The lowest BCUT2D eigenvalue weighted by atomic mass is 10.3. The van der Waals surface area contributed by atoms with Crippen LogP contribution in [0, 0.1) is 0 Å². The van der Waals surface area contributed by atoms with E-state index in [-0.39, 0.29) is 6.61 Å². The van der Waals surface area contributed by atoms with Crippen LogP contribution in [-0.4, -0.2) is 10.1 Å². The number of nitrogens with zero attached hydrogens (tertiary/aromatic N) is 1. The van der Waals surface area contributed by atoms with E-state index in [1.54, 1.807) is 11.6 Å². The molecule has 0 aliphatic heterocycles. The Labute approximate surface area is 63.9 Å². The highest BCUT2D eigenvalue weighted by Gasteiger charge is 2.00. The Morgan fingerprint density at radius 1 is 1.80 bits per heavy atom. The number of aliphatic hydroxyl groups excluding tert-OH is 1. The van der Waals surface area contributed by atoms with Crippen molar-refractivity contribution in [1.82, 2.24) is 4.98 Å². The summed E-state index contributed by atoms with van der Waals surface area (Å²) in [6.45, 7) is 3.69. The van der Waals surface area contributed by atoms with Crippen LogP contribution in [0.15, 0.2) is 18.2 Å². The first kappa shape index (κ1) is 7.44. The molecule has 0 saturated heterocycles. The van der Waals surface area contributed by atoms with Gasteiger partial charge < -0.3 is 5.11 Å². The largest absolute Gasteiger partial charge is 0.391 e. The van der Waals surface area contributed by atoms with Crippen LogP contribution in [0.5, 0.6) is 0 Å². The highest BCUT2D eigenvalue weighted by Crippen LogP contribution is 2.13. The average Bonchev–Trinajstić information content (AvgIpc) is 2.36. The molecule has 1 aromatic heterocycles. The summed E-state index contributed by atoms with van der Waals surface area (Å²) >= 11 is 1.48. The van der Waals surface area contributed by atoms with Crippen LogP contribution in [0.1, 0.15) is 10.6 Å². The quantitative estimate of drug-likeness (QED) is 0.669. The molecule has 0 aromatic carbocycles. The lowest BCUT2D eigenvalue weighted by Crippen LogP contribution is -1.87. The van der Waals surface area contributed by atoms with Gasteiger partial charge in [-0.2, -0.15) is 0 Å². The van der Waals surface area contributed by atoms with Gasteiger partial charge in [-0.3, -0.25) is 0 Å². The Morgan fingerprint density at radius 2 is 2.60 bits per heavy atom. The van der Waals surface area contributed by atoms with Crippen molar-refractivity contribution in [3.05, 3.63) is 28.7 Å². The van der Waals surface area contributed by atoms with Gasteiger partial charge in [0.05, 0.1) is 22.7 Å². The van der Waals surface area contributed by atoms with Gasteiger partial charge in [-0.15, -0.1) is 17.9 Å². The Balaban J connectivity index is 2.79. The van der Waals surface area contributed by atoms with Crippen LogP contribution in [0.25, 0.3) is 0 Å². The molecule has 54 valence electrons. The fourth-order valence-electron chi connectivity index (χ4n) is 0.725. The van der Waals surface area contributed by atoms with E-state index in [4.69, 9.17) is 5.11 Å². The molecule has 1 aromatic rings. The molecule has 1 rings (SSSR count). The molecular weight excluding hydrogens is 146 g/mol. The maximum atomic E-state index is 8.77. The van der Waals surface area contributed by atoms with Crippen molar-refractivity contribution in [3.63, 3.8) is 0 Å². The van der Waals surface area contributed by atoms with Crippen molar-refractivity contribution in [2.75, 3.05) is 0 Å². The number of thiazole rings is 1. The van der Waals surface area contributed by atoms with Gasteiger partial charge >= 0.3 is 0 Å². The van der Waals surface area contributed by atoms with Crippen LogP contribution in [-0.2, 0) is 13.0 Å². The third-order valence-electron chi connectivity index (χ3n) is 1.21. The summed E-state index contributed by atoms with van der Waals surface area (Å²) in [6, 6.07) is 0. The van der Waals surface area contributed by atoms with E-state index in [0.29, 0.717) is 0 Å². The number of hydrogen-bond donors (Lipinski definition) is 1. The third kappa shape index (κ3) is 1.43. The van der Waals surface area contributed by atoms with E-state index in [9.17, 15) is 0 Å². The summed E-state index contributed by atoms with van der Waals surface area (Å²) in [7, 11) is 0. The van der Waals surface area contributed by atoms with E-state index >= 15 is 0 Å². The molecule has 0 spiro atoms. The van der Waals surface area contributed by atoms with Gasteiger partial charge in [0.2, 0.25) is 0 Å². The van der Waals surface area contributed by atoms with Crippen LogP contribution >= 0.6 is 11.3 Å². The molecule has 10 heavy (non-hydrogen) atoms. The van der Waals surface area contributed by atoms with E-state index in [0.717, 1.165) is 17.0 Å². The van der Waals surface area contributed by atoms with Crippen molar-refractivity contribution >= 4 is 11.3 Å². The molecule has 0 aliphatic rings. The van der Waals surface area contributed by atoms with Crippen molar-refractivity contribution in [2.24, 2.45) is 0 Å². The molecule has 0 fully saturated rings. The first-order valence-corrected chi connectivity index (χ1v) is 3.89. The maximum Gasteiger partial charge on any atom is 0.0798 e. The Hall–Kier alpha value is -0.670. The normalized spacial score (nSPS) is 9.70. The summed E-state index contributed by atoms with van der Waals surface area (Å²) in [4.78, 5) is 5.01. The first-order valence-electron chi connectivity index (χ1n) is 3.01. The molecule has 0 aliphatic carbocycles. The lowest BCUT2D eigenvalue weighted by molar-refractivity contribution is 0.284. The van der Waals surface area contributed by atoms with E-state index in [2.05, 4.69) is 11.6 Å². The smallest absolute Gasteiger partial charge is 0.0798 e. The molecule has 0 unspecified atom stereocenters. The Morgan fingerprint density at radius 3 is 3.20 bits per heavy atom. The summed E-state index contributed by atoms with van der Waals surface area (Å²) in [5, 5.41) is 8.77. The topological polar surface area (TPSA) is 33.1 Å². The zero-order valence-corrected chi connectivity index (χ0v) is 6.40. The van der Waals surface area contributed by atoms with Gasteiger partial charge in [-0.1, -0.05) is 6.08 Å². The Bertz CT molecular complexity index is 219. The second-order valence-corrected chi connectivity index (χ2v) is 2.81. The Kier molecular flexibility index (Phi) is 2.59. The molecule has 0 radical (unpaired) electrons. The van der Waals surface area contributed by atoms with Crippen LogP contribution < -0.4 is 0 Å². The van der Waals surface area contributed by atoms with E-state index in [1.165, 1.54) is 11.3 Å². The molecule has 0 amide bonds. The number of aliphatic hydroxyl groups is 1. The molecule has 0 saturated carbocycles. The lowest BCUT2D eigenvalue weighted by Gasteiger charge is -1.91. The van der Waals surface area contributed by atoms with Crippen LogP contribution in [0.3, 0.4) is 0 Å². The summed E-state index contributed by atoms with van der Waals surface area (Å²) in [5.74, 6) is 0. The van der Waals surface area contributed by atoms with Gasteiger partial charge in [0.1, 0.15) is 0 Å². The van der Waals surface area contributed by atoms with Gasteiger partial charge in [0.25, 0.3) is 0 Å². The minimum atomic E-state index is 0.0911. The average molecular weight is 155 g/mol. The fraction of sp³-hybridized carbons (Fsp3) is 0.286. The van der Waals surface area contributed by atoms with Crippen LogP contribution in [0.2, 0.25) is 0 Å². The van der Waals surface area contributed by atoms with Gasteiger partial charge in [-0.05, 0) is 0 Å². The van der Waals surface area contributed by atoms with E-state index < -0.39 is 0 Å². The second kappa shape index (κ2) is 3.49. The SMILES string of the molecule is C=CCc1ncsc1CO. The molecule has 0 atom stereocenters. The number of hydrogen-bond acceptors (Lipinski definition) is 3. The zero-order valence-electron chi connectivity index (χ0n) is 5.58. The van der Waals surface area contributed by atoms with Crippen molar-refractivity contribution < 1.29 is 5.11 Å². The number of aromatic nitrogens is 1. The first-order chi connectivity index (χ1) is 4.88.